The molecule has 0 aliphatic carbocycles. The van der Waals surface area contributed by atoms with E-state index in [-0.39, 0.29) is 34.7 Å². The van der Waals surface area contributed by atoms with E-state index >= 15 is 0 Å². The molecule has 3 aromatic heterocycles. The van der Waals surface area contributed by atoms with Crippen LogP contribution in [0, 0.1) is 11.6 Å². The number of nitrogens with one attached hydrogen (secondary N) is 1. The summed E-state index contributed by atoms with van der Waals surface area (Å²) in [5.41, 5.74) is 0.339. The summed E-state index contributed by atoms with van der Waals surface area (Å²) in [6.45, 7) is 8.78. The molecule has 12 nitrogen and oxygen atoms in total. The van der Waals surface area contributed by atoms with Crippen LogP contribution < -0.4 is 10.1 Å². The minimum Gasteiger partial charge on any atom is -0.434 e. The van der Waals surface area contributed by atoms with E-state index < -0.39 is 23.1 Å². The van der Waals surface area contributed by atoms with Gasteiger partial charge >= 0.3 is 0 Å². The summed E-state index contributed by atoms with van der Waals surface area (Å²) in [6, 6.07) is 6.15. The molecule has 1 aliphatic rings. The average Bonchev–Trinajstić information content (AvgIpc) is 3.38. The Balaban J connectivity index is 1.19. The van der Waals surface area contributed by atoms with Crippen LogP contribution >= 0.6 is 0 Å². The van der Waals surface area contributed by atoms with Crippen molar-refractivity contribution in [3.05, 3.63) is 78.7 Å². The normalized spacial score (nSPS) is 14.8. The molecular weight excluding hydrogens is 512 g/mol. The monoisotopic (exact) mass is 535 g/mol. The number of piperazine rings is 1. The molecule has 0 unspecified atom stereocenters. The first kappa shape index (κ1) is 25.6. The number of benzene rings is 1. The van der Waals surface area contributed by atoms with Crippen molar-refractivity contribution in [1.82, 2.24) is 39.6 Å². The van der Waals surface area contributed by atoms with Crippen LogP contribution in [0.15, 0.2) is 61.3 Å². The van der Waals surface area contributed by atoms with E-state index in [9.17, 15) is 18.4 Å². The average molecular weight is 536 g/mol. The number of rotatable bonds is 6. The standard InChI is InChI=1S/C25H23F2N9O3/c1-15(23(37)31-20-11-29-22(12-28-20)39-19-6-4-16(26)10-17(19)27)34-8-9-35(25(2,3)13-34)24(38)18-5-7-21-32-30-14-36(21)33-18/h4-7,10-12,14H,1,8-9,13H2,2-3H3,(H,28,31,37). The van der Waals surface area contributed by atoms with Gasteiger partial charge in [-0.05, 0) is 38.1 Å². The Morgan fingerprint density at radius 1 is 1.10 bits per heavy atom. The molecule has 39 heavy (non-hydrogen) atoms. The maximum atomic E-state index is 13.8. The van der Waals surface area contributed by atoms with Crippen LogP contribution in [0.3, 0.4) is 0 Å². The van der Waals surface area contributed by atoms with Gasteiger partial charge in [-0.2, -0.15) is 9.61 Å². The molecule has 4 aromatic rings. The fraction of sp³-hybridized carbons (Fsp3) is 0.240. The molecule has 0 spiro atoms. The second kappa shape index (κ2) is 10.0. The van der Waals surface area contributed by atoms with Crippen molar-refractivity contribution in [2.75, 3.05) is 25.0 Å². The smallest absolute Gasteiger partial charge is 0.274 e. The van der Waals surface area contributed by atoms with Crippen LogP contribution in [0.25, 0.3) is 5.65 Å². The number of carbonyl (C=O) groups excluding carboxylic acids is 2. The van der Waals surface area contributed by atoms with Gasteiger partial charge in [0.2, 0.25) is 5.88 Å². The van der Waals surface area contributed by atoms with Crippen molar-refractivity contribution in [1.29, 1.82) is 0 Å². The molecule has 0 atom stereocenters. The van der Waals surface area contributed by atoms with Crippen LogP contribution in [0.5, 0.6) is 11.6 Å². The second-order valence-electron chi connectivity index (χ2n) is 9.36. The second-order valence-corrected chi connectivity index (χ2v) is 9.36. The summed E-state index contributed by atoms with van der Waals surface area (Å²) in [6.07, 6.45) is 3.86. The highest BCUT2D eigenvalue weighted by atomic mass is 19.1. The lowest BCUT2D eigenvalue weighted by molar-refractivity contribution is -0.114. The molecule has 200 valence electrons. The number of halogens is 2. The molecule has 0 radical (unpaired) electrons. The zero-order valence-corrected chi connectivity index (χ0v) is 21.0. The summed E-state index contributed by atoms with van der Waals surface area (Å²) >= 11 is 0. The Bertz CT molecular complexity index is 1570. The van der Waals surface area contributed by atoms with Gasteiger partial charge in [0, 0.05) is 25.7 Å². The van der Waals surface area contributed by atoms with Crippen LogP contribution in [-0.4, -0.2) is 76.6 Å². The molecule has 1 N–H and O–H groups in total. The first-order chi connectivity index (χ1) is 18.6. The number of anilines is 1. The van der Waals surface area contributed by atoms with Gasteiger partial charge in [-0.15, -0.1) is 10.2 Å². The lowest BCUT2D eigenvalue weighted by atomic mass is 9.97. The van der Waals surface area contributed by atoms with Gasteiger partial charge in [0.05, 0.1) is 23.6 Å². The number of aromatic nitrogens is 6. The minimum atomic E-state index is -0.886. The highest BCUT2D eigenvalue weighted by Crippen LogP contribution is 2.26. The molecule has 1 saturated heterocycles. The molecule has 1 aliphatic heterocycles. The van der Waals surface area contributed by atoms with Crippen LogP contribution in [-0.2, 0) is 4.79 Å². The number of amides is 2. The van der Waals surface area contributed by atoms with E-state index in [1.165, 1.54) is 23.2 Å². The maximum Gasteiger partial charge on any atom is 0.274 e. The van der Waals surface area contributed by atoms with E-state index in [0.717, 1.165) is 12.1 Å². The summed E-state index contributed by atoms with van der Waals surface area (Å²) in [4.78, 5) is 37.7. The fourth-order valence-electron chi connectivity index (χ4n) is 4.18. The lowest BCUT2D eigenvalue weighted by Crippen LogP contribution is -2.61. The molecule has 4 heterocycles. The van der Waals surface area contributed by atoms with E-state index in [4.69, 9.17) is 4.74 Å². The highest BCUT2D eigenvalue weighted by Gasteiger charge is 2.39. The van der Waals surface area contributed by atoms with E-state index in [0.29, 0.717) is 31.3 Å². The third-order valence-electron chi connectivity index (χ3n) is 6.15. The molecular formula is C25H23F2N9O3. The lowest BCUT2D eigenvalue weighted by Gasteiger charge is -2.47. The van der Waals surface area contributed by atoms with Crippen LogP contribution in [0.4, 0.5) is 14.6 Å². The first-order valence-corrected chi connectivity index (χ1v) is 11.8. The fourth-order valence-corrected chi connectivity index (χ4v) is 4.18. The zero-order chi connectivity index (χ0) is 27.7. The van der Waals surface area contributed by atoms with Crippen molar-refractivity contribution < 1.29 is 23.1 Å². The van der Waals surface area contributed by atoms with E-state index in [1.54, 1.807) is 21.9 Å². The molecule has 1 aromatic carbocycles. The number of ether oxygens (including phenoxy) is 1. The Hall–Kier alpha value is -5.01. The van der Waals surface area contributed by atoms with Crippen molar-refractivity contribution in [2.24, 2.45) is 0 Å². The summed E-state index contributed by atoms with van der Waals surface area (Å²) in [5.74, 6) is -2.51. The van der Waals surface area contributed by atoms with Crippen molar-refractivity contribution in [2.45, 2.75) is 19.4 Å². The Kier molecular flexibility index (Phi) is 6.60. The van der Waals surface area contributed by atoms with Gasteiger partial charge in [-0.3, -0.25) is 9.59 Å². The van der Waals surface area contributed by atoms with Gasteiger partial charge < -0.3 is 19.9 Å². The quantitative estimate of drug-likeness (QED) is 0.370. The highest BCUT2D eigenvalue weighted by molar-refractivity contribution is 6.02. The summed E-state index contributed by atoms with van der Waals surface area (Å²) in [5, 5.41) is 14.6. The first-order valence-electron chi connectivity index (χ1n) is 11.8. The topological polar surface area (TPSA) is 131 Å². The third kappa shape index (κ3) is 5.35. The third-order valence-corrected chi connectivity index (χ3v) is 6.15. The van der Waals surface area contributed by atoms with Gasteiger partial charge in [0.25, 0.3) is 11.8 Å². The van der Waals surface area contributed by atoms with Gasteiger partial charge in [-0.25, -0.2) is 18.7 Å². The number of carbonyl (C=O) groups is 2. The molecule has 0 bridgehead atoms. The molecule has 14 heteroatoms. The van der Waals surface area contributed by atoms with E-state index in [1.807, 2.05) is 13.8 Å². The van der Waals surface area contributed by atoms with E-state index in [2.05, 4.69) is 37.2 Å². The Morgan fingerprint density at radius 3 is 2.64 bits per heavy atom. The number of fused-ring (bicyclic) bond motifs is 1. The number of hydrogen-bond donors (Lipinski definition) is 1. The number of nitrogens with zero attached hydrogens (tertiary/aromatic N) is 8. The van der Waals surface area contributed by atoms with Crippen molar-refractivity contribution >= 4 is 23.3 Å². The summed E-state index contributed by atoms with van der Waals surface area (Å²) in [7, 11) is 0. The molecule has 1 fully saturated rings. The Morgan fingerprint density at radius 2 is 1.92 bits per heavy atom. The number of hydrogen-bond acceptors (Lipinski definition) is 9. The van der Waals surface area contributed by atoms with Gasteiger partial charge in [-0.1, -0.05) is 6.58 Å². The van der Waals surface area contributed by atoms with Crippen LogP contribution in [0.2, 0.25) is 0 Å². The zero-order valence-electron chi connectivity index (χ0n) is 21.0. The summed E-state index contributed by atoms with van der Waals surface area (Å²) < 4.78 is 33.6. The molecule has 5 rings (SSSR count). The minimum absolute atomic E-state index is 0.0437. The maximum absolute atomic E-state index is 13.8. The Labute approximate surface area is 220 Å². The van der Waals surface area contributed by atoms with Gasteiger partial charge in [0.15, 0.2) is 23.0 Å². The largest absolute Gasteiger partial charge is 0.434 e. The predicted octanol–water partition coefficient (Wildman–Crippen LogP) is 2.67. The van der Waals surface area contributed by atoms with Gasteiger partial charge in [0.1, 0.15) is 17.8 Å². The molecule has 2 amide bonds. The van der Waals surface area contributed by atoms with Crippen molar-refractivity contribution in [3.8, 4) is 11.6 Å². The SMILES string of the molecule is C=C(C(=O)Nc1cnc(Oc2ccc(F)cc2F)cn1)N1CCN(C(=O)c2ccc3nncn3n2)C(C)(C)C1. The molecule has 0 saturated carbocycles. The van der Waals surface area contributed by atoms with Crippen molar-refractivity contribution in [3.63, 3.8) is 0 Å². The predicted molar refractivity (Wildman–Crippen MR) is 134 cm³/mol. The van der Waals surface area contributed by atoms with Crippen LogP contribution in [0.1, 0.15) is 24.3 Å².